The normalized spacial score (nSPS) is 16.0. The molecule has 0 aromatic heterocycles. The molecule has 1 amide bonds. The summed E-state index contributed by atoms with van der Waals surface area (Å²) in [6.07, 6.45) is 0.319. The van der Waals surface area contributed by atoms with Crippen LogP contribution in [-0.2, 0) is 34.3 Å². The Morgan fingerprint density at radius 3 is 2.50 bits per heavy atom. The molecule has 7 heteroatoms. The molecule has 0 aliphatic carbocycles. The van der Waals surface area contributed by atoms with Gasteiger partial charge in [-0.15, -0.1) is 0 Å². The number of nitrogens with one attached hydrogen (secondary N) is 1. The lowest BCUT2D eigenvalue weighted by Crippen LogP contribution is -2.52. The van der Waals surface area contributed by atoms with E-state index in [1.54, 1.807) is 19.1 Å². The van der Waals surface area contributed by atoms with Gasteiger partial charge >= 0.3 is 0 Å². The smallest absolute Gasteiger partial charge is 0.244 e. The summed E-state index contributed by atoms with van der Waals surface area (Å²) in [6, 6.07) is 19.7. The lowest BCUT2D eigenvalue weighted by Gasteiger charge is -2.35. The summed E-state index contributed by atoms with van der Waals surface area (Å²) < 4.78 is 34.7. The first-order valence-corrected chi connectivity index (χ1v) is 12.9. The van der Waals surface area contributed by atoms with Gasteiger partial charge in [0.1, 0.15) is 11.8 Å². The molecule has 3 aromatic rings. The maximum Gasteiger partial charge on any atom is 0.244 e. The van der Waals surface area contributed by atoms with Crippen molar-refractivity contribution in [2.24, 2.45) is 0 Å². The minimum absolute atomic E-state index is 0.152. The van der Waals surface area contributed by atoms with Gasteiger partial charge < -0.3 is 10.1 Å². The Labute approximate surface area is 201 Å². The number of carbonyl (C=O) groups excluding carboxylic acids is 1. The standard InChI is InChI=1S/C27H30N2O4S/c1-4-33-25-12-8-7-10-22(25)17-28-27(30)24-16-21-9-5-6-11-23(21)18-29(24)34(31,32)26-15-19(2)13-14-20(26)3/h5-15,24H,4,16-18H2,1-3H3,(H,28,30). The summed E-state index contributed by atoms with van der Waals surface area (Å²) in [4.78, 5) is 13.7. The first kappa shape index (κ1) is 24.0. The van der Waals surface area contributed by atoms with Gasteiger partial charge in [-0.2, -0.15) is 4.31 Å². The molecule has 178 valence electrons. The zero-order valence-electron chi connectivity index (χ0n) is 19.7. The minimum Gasteiger partial charge on any atom is -0.494 e. The highest BCUT2D eigenvalue weighted by molar-refractivity contribution is 7.89. The Morgan fingerprint density at radius 2 is 1.74 bits per heavy atom. The Balaban J connectivity index is 1.66. The van der Waals surface area contributed by atoms with E-state index in [0.29, 0.717) is 24.3 Å². The van der Waals surface area contributed by atoms with Crippen LogP contribution in [0.1, 0.15) is 34.7 Å². The van der Waals surface area contributed by atoms with E-state index in [9.17, 15) is 13.2 Å². The highest BCUT2D eigenvalue weighted by Gasteiger charge is 2.40. The van der Waals surface area contributed by atoms with Crippen molar-refractivity contribution in [1.29, 1.82) is 0 Å². The molecule has 34 heavy (non-hydrogen) atoms. The molecule has 1 unspecified atom stereocenters. The average molecular weight is 479 g/mol. The van der Waals surface area contributed by atoms with Gasteiger partial charge in [0.2, 0.25) is 15.9 Å². The van der Waals surface area contributed by atoms with Crippen LogP contribution in [0.3, 0.4) is 0 Å². The number of hydrogen-bond acceptors (Lipinski definition) is 4. The first-order chi connectivity index (χ1) is 16.3. The predicted octanol–water partition coefficient (Wildman–Crippen LogP) is 4.13. The molecule has 1 aliphatic rings. The number of nitrogens with zero attached hydrogens (tertiary/aromatic N) is 1. The van der Waals surface area contributed by atoms with Gasteiger partial charge in [-0.1, -0.05) is 54.6 Å². The van der Waals surface area contributed by atoms with Crippen molar-refractivity contribution in [2.75, 3.05) is 6.61 Å². The van der Waals surface area contributed by atoms with Crippen LogP contribution in [0.15, 0.2) is 71.6 Å². The number of para-hydroxylation sites is 1. The number of rotatable bonds is 7. The fourth-order valence-electron chi connectivity index (χ4n) is 4.33. The summed E-state index contributed by atoms with van der Waals surface area (Å²) in [7, 11) is -3.90. The van der Waals surface area contributed by atoms with E-state index in [1.807, 2.05) is 68.4 Å². The van der Waals surface area contributed by atoms with Crippen molar-refractivity contribution in [3.05, 3.63) is 94.5 Å². The molecule has 0 saturated carbocycles. The van der Waals surface area contributed by atoms with E-state index in [0.717, 1.165) is 22.3 Å². The van der Waals surface area contributed by atoms with Crippen molar-refractivity contribution in [1.82, 2.24) is 9.62 Å². The van der Waals surface area contributed by atoms with E-state index in [2.05, 4.69) is 5.32 Å². The molecule has 4 rings (SSSR count). The Hall–Kier alpha value is -3.16. The molecule has 0 radical (unpaired) electrons. The fourth-order valence-corrected chi connectivity index (χ4v) is 6.21. The van der Waals surface area contributed by atoms with E-state index in [4.69, 9.17) is 4.74 Å². The van der Waals surface area contributed by atoms with Gasteiger partial charge in [0, 0.05) is 18.7 Å². The number of fused-ring (bicyclic) bond motifs is 1. The first-order valence-electron chi connectivity index (χ1n) is 11.5. The maximum atomic E-state index is 13.8. The average Bonchev–Trinajstić information content (AvgIpc) is 2.84. The third-order valence-electron chi connectivity index (χ3n) is 6.16. The molecular formula is C27H30N2O4S. The van der Waals surface area contributed by atoms with Crippen LogP contribution < -0.4 is 10.1 Å². The number of benzene rings is 3. The van der Waals surface area contributed by atoms with Crippen molar-refractivity contribution >= 4 is 15.9 Å². The maximum absolute atomic E-state index is 13.8. The van der Waals surface area contributed by atoms with E-state index in [-0.39, 0.29) is 23.9 Å². The molecule has 3 aromatic carbocycles. The Morgan fingerprint density at radius 1 is 1.03 bits per heavy atom. The third kappa shape index (κ3) is 4.86. The van der Waals surface area contributed by atoms with Crippen molar-refractivity contribution < 1.29 is 17.9 Å². The monoisotopic (exact) mass is 478 g/mol. The van der Waals surface area contributed by atoms with Crippen molar-refractivity contribution in [3.8, 4) is 5.75 Å². The quantitative estimate of drug-likeness (QED) is 0.554. The van der Waals surface area contributed by atoms with Crippen LogP contribution in [0.25, 0.3) is 0 Å². The second-order valence-corrected chi connectivity index (χ2v) is 10.4. The van der Waals surface area contributed by atoms with E-state index >= 15 is 0 Å². The van der Waals surface area contributed by atoms with Crippen LogP contribution >= 0.6 is 0 Å². The number of amides is 1. The number of aryl methyl sites for hydroxylation is 2. The lowest BCUT2D eigenvalue weighted by molar-refractivity contribution is -0.125. The molecule has 0 fully saturated rings. The van der Waals surface area contributed by atoms with E-state index < -0.39 is 16.1 Å². The summed E-state index contributed by atoms with van der Waals surface area (Å²) >= 11 is 0. The largest absolute Gasteiger partial charge is 0.494 e. The molecule has 1 aliphatic heterocycles. The highest BCUT2D eigenvalue weighted by atomic mass is 32.2. The topological polar surface area (TPSA) is 75.7 Å². The molecule has 1 atom stereocenters. The molecule has 1 heterocycles. The molecule has 0 saturated heterocycles. The Kier molecular flexibility index (Phi) is 7.05. The minimum atomic E-state index is -3.90. The third-order valence-corrected chi connectivity index (χ3v) is 8.16. The molecule has 0 spiro atoms. The number of ether oxygens (including phenoxy) is 1. The lowest BCUT2D eigenvalue weighted by atomic mass is 9.95. The van der Waals surface area contributed by atoms with Crippen LogP contribution in [-0.4, -0.2) is 31.3 Å². The summed E-state index contributed by atoms with van der Waals surface area (Å²) in [5, 5.41) is 2.95. The second kappa shape index (κ2) is 9.99. The zero-order chi connectivity index (χ0) is 24.3. The number of carbonyl (C=O) groups is 1. The van der Waals surface area contributed by atoms with Gasteiger partial charge in [-0.3, -0.25) is 4.79 Å². The Bertz CT molecular complexity index is 1300. The van der Waals surface area contributed by atoms with Gasteiger partial charge in [0.25, 0.3) is 0 Å². The fraction of sp³-hybridized carbons (Fsp3) is 0.296. The van der Waals surface area contributed by atoms with Crippen LogP contribution in [0.4, 0.5) is 0 Å². The zero-order valence-corrected chi connectivity index (χ0v) is 20.6. The van der Waals surface area contributed by atoms with Gasteiger partial charge in [-0.25, -0.2) is 8.42 Å². The molecular weight excluding hydrogens is 448 g/mol. The molecule has 1 N–H and O–H groups in total. The molecule has 6 nitrogen and oxygen atoms in total. The highest BCUT2D eigenvalue weighted by Crippen LogP contribution is 2.31. The van der Waals surface area contributed by atoms with Crippen LogP contribution in [0.2, 0.25) is 0 Å². The van der Waals surface area contributed by atoms with Gasteiger partial charge in [0.05, 0.1) is 11.5 Å². The summed E-state index contributed by atoms with van der Waals surface area (Å²) in [5.41, 5.74) is 4.27. The molecule has 0 bridgehead atoms. The predicted molar refractivity (Wildman–Crippen MR) is 132 cm³/mol. The number of sulfonamides is 1. The number of hydrogen-bond donors (Lipinski definition) is 1. The SMILES string of the molecule is CCOc1ccccc1CNC(=O)C1Cc2ccccc2CN1S(=O)(=O)c1cc(C)ccc1C. The van der Waals surface area contributed by atoms with E-state index in [1.165, 1.54) is 4.31 Å². The van der Waals surface area contributed by atoms with Crippen LogP contribution in [0.5, 0.6) is 5.75 Å². The van der Waals surface area contributed by atoms with Gasteiger partial charge in [0.15, 0.2) is 0 Å². The van der Waals surface area contributed by atoms with Crippen molar-refractivity contribution in [3.63, 3.8) is 0 Å². The van der Waals surface area contributed by atoms with Gasteiger partial charge in [-0.05, 0) is 61.6 Å². The van der Waals surface area contributed by atoms with Crippen molar-refractivity contribution in [2.45, 2.75) is 51.2 Å². The summed E-state index contributed by atoms with van der Waals surface area (Å²) in [6.45, 7) is 6.48. The summed E-state index contributed by atoms with van der Waals surface area (Å²) in [5.74, 6) is 0.383. The van der Waals surface area contributed by atoms with Crippen LogP contribution in [0, 0.1) is 13.8 Å². The second-order valence-electron chi connectivity index (χ2n) is 8.57.